The van der Waals surface area contributed by atoms with Crippen LogP contribution in [0.3, 0.4) is 0 Å². The molecule has 23 heavy (non-hydrogen) atoms. The highest BCUT2D eigenvalue weighted by Crippen LogP contribution is 2.24. The molecule has 0 bridgehead atoms. The van der Waals surface area contributed by atoms with Crippen LogP contribution in [-0.4, -0.2) is 24.3 Å². The molecule has 3 amide bonds. The molecule has 0 aliphatic carbocycles. The monoisotopic (exact) mass is 329 g/mol. The van der Waals surface area contributed by atoms with E-state index >= 15 is 0 Å². The number of benzene rings is 1. The second kappa shape index (κ2) is 6.62. The zero-order valence-corrected chi connectivity index (χ0v) is 13.0. The molecule has 118 valence electrons. The minimum Gasteiger partial charge on any atom is -0.312 e. The van der Waals surface area contributed by atoms with Gasteiger partial charge in [0, 0.05) is 18.7 Å². The molecule has 2 N–H and O–H groups in total. The number of para-hydroxylation sites is 1. The van der Waals surface area contributed by atoms with Gasteiger partial charge in [0.1, 0.15) is 0 Å². The van der Waals surface area contributed by atoms with Gasteiger partial charge < -0.3 is 4.90 Å². The van der Waals surface area contributed by atoms with Crippen molar-refractivity contribution in [1.82, 2.24) is 10.9 Å². The molecule has 0 radical (unpaired) electrons. The Hall–Kier alpha value is -2.67. The van der Waals surface area contributed by atoms with Gasteiger partial charge in [-0.1, -0.05) is 24.3 Å². The average Bonchev–Trinajstić information content (AvgIpc) is 3.23. The van der Waals surface area contributed by atoms with Gasteiger partial charge in [-0.25, -0.2) is 0 Å². The third-order valence-electron chi connectivity index (χ3n) is 3.61. The van der Waals surface area contributed by atoms with Crippen LogP contribution in [0.15, 0.2) is 47.8 Å². The Bertz CT molecular complexity index is 715. The highest BCUT2D eigenvalue weighted by Gasteiger charge is 2.35. The van der Waals surface area contributed by atoms with Crippen LogP contribution in [0, 0.1) is 5.92 Å². The zero-order valence-electron chi connectivity index (χ0n) is 12.2. The molecular formula is C16H15N3O3S. The van der Waals surface area contributed by atoms with E-state index < -0.39 is 5.92 Å². The molecule has 2 aromatic rings. The third-order valence-corrected chi connectivity index (χ3v) is 4.48. The molecule has 7 heteroatoms. The van der Waals surface area contributed by atoms with Crippen molar-refractivity contribution < 1.29 is 14.4 Å². The van der Waals surface area contributed by atoms with Gasteiger partial charge in [0.25, 0.3) is 5.91 Å². The molecule has 1 fully saturated rings. The van der Waals surface area contributed by atoms with Gasteiger partial charge in [-0.2, -0.15) is 0 Å². The fourth-order valence-electron chi connectivity index (χ4n) is 2.43. The molecular weight excluding hydrogens is 314 g/mol. The Balaban J connectivity index is 1.57. The minimum atomic E-state index is -0.480. The Morgan fingerprint density at radius 2 is 1.87 bits per heavy atom. The Kier molecular flexibility index (Phi) is 4.38. The fraction of sp³-hybridized carbons (Fsp3) is 0.188. The topological polar surface area (TPSA) is 78.5 Å². The molecule has 2 heterocycles. The first kappa shape index (κ1) is 15.2. The van der Waals surface area contributed by atoms with Crippen molar-refractivity contribution in [2.45, 2.75) is 6.42 Å². The molecule has 0 spiro atoms. The zero-order chi connectivity index (χ0) is 16.2. The maximum absolute atomic E-state index is 12.1. The molecule has 1 aliphatic heterocycles. The van der Waals surface area contributed by atoms with Crippen LogP contribution in [0.2, 0.25) is 0 Å². The average molecular weight is 329 g/mol. The summed E-state index contributed by atoms with van der Waals surface area (Å²) in [6.07, 6.45) is 0.135. The molecule has 1 atom stereocenters. The number of hydrogen-bond donors (Lipinski definition) is 2. The minimum absolute atomic E-state index is 0.0964. The lowest BCUT2D eigenvalue weighted by atomic mass is 10.1. The maximum Gasteiger partial charge on any atom is 0.279 e. The molecule has 0 unspecified atom stereocenters. The standard InChI is InChI=1S/C16H15N3O3S/c20-14-9-11(10-19(14)12-5-2-1-3-6-12)15(21)17-18-16(22)13-7-4-8-23-13/h1-8,11H,9-10H2,(H,17,21)(H,18,22)/t11-/m1/s1. The summed E-state index contributed by atoms with van der Waals surface area (Å²) in [5.41, 5.74) is 5.54. The second-order valence-electron chi connectivity index (χ2n) is 5.16. The van der Waals surface area contributed by atoms with E-state index in [0.717, 1.165) is 5.69 Å². The van der Waals surface area contributed by atoms with Crippen LogP contribution >= 0.6 is 11.3 Å². The van der Waals surface area contributed by atoms with E-state index in [0.29, 0.717) is 11.4 Å². The Labute approximate surface area is 137 Å². The number of rotatable bonds is 3. The molecule has 1 saturated heterocycles. The Morgan fingerprint density at radius 1 is 1.09 bits per heavy atom. The summed E-state index contributed by atoms with van der Waals surface area (Å²) in [6, 6.07) is 12.6. The van der Waals surface area contributed by atoms with Crippen molar-refractivity contribution in [3.8, 4) is 0 Å². The first-order chi connectivity index (χ1) is 11.1. The van der Waals surface area contributed by atoms with E-state index in [4.69, 9.17) is 0 Å². The van der Waals surface area contributed by atoms with E-state index in [2.05, 4.69) is 10.9 Å². The van der Waals surface area contributed by atoms with Crippen LogP contribution in [0.5, 0.6) is 0 Å². The van der Waals surface area contributed by atoms with Gasteiger partial charge in [-0.3, -0.25) is 25.2 Å². The van der Waals surface area contributed by atoms with Gasteiger partial charge in [0.2, 0.25) is 11.8 Å². The number of nitrogens with one attached hydrogen (secondary N) is 2. The molecule has 3 rings (SSSR count). The third kappa shape index (κ3) is 3.40. The predicted molar refractivity (Wildman–Crippen MR) is 86.8 cm³/mol. The number of hydrazine groups is 1. The largest absolute Gasteiger partial charge is 0.312 e. The van der Waals surface area contributed by atoms with Crippen LogP contribution in [0.25, 0.3) is 0 Å². The van der Waals surface area contributed by atoms with Crippen LogP contribution in [0.1, 0.15) is 16.1 Å². The van der Waals surface area contributed by atoms with Crippen molar-refractivity contribution in [3.05, 3.63) is 52.7 Å². The first-order valence-electron chi connectivity index (χ1n) is 7.14. The number of carbonyl (C=O) groups is 3. The Morgan fingerprint density at radius 3 is 2.57 bits per heavy atom. The number of amides is 3. The summed E-state index contributed by atoms with van der Waals surface area (Å²) in [7, 11) is 0. The van der Waals surface area contributed by atoms with E-state index in [1.165, 1.54) is 11.3 Å². The van der Waals surface area contributed by atoms with Gasteiger partial charge >= 0.3 is 0 Å². The molecule has 1 aromatic carbocycles. The van der Waals surface area contributed by atoms with E-state index in [-0.39, 0.29) is 24.1 Å². The normalized spacial score (nSPS) is 17.1. The highest BCUT2D eigenvalue weighted by atomic mass is 32.1. The maximum atomic E-state index is 12.1. The predicted octanol–water partition coefficient (Wildman–Crippen LogP) is 1.56. The number of nitrogens with zero attached hydrogens (tertiary/aromatic N) is 1. The lowest BCUT2D eigenvalue weighted by Gasteiger charge is -2.16. The van der Waals surface area contributed by atoms with Gasteiger partial charge in [0.05, 0.1) is 10.8 Å². The second-order valence-corrected chi connectivity index (χ2v) is 6.11. The summed E-state index contributed by atoms with van der Waals surface area (Å²) < 4.78 is 0. The summed E-state index contributed by atoms with van der Waals surface area (Å²) >= 11 is 1.29. The van der Waals surface area contributed by atoms with Crippen molar-refractivity contribution >= 4 is 34.7 Å². The van der Waals surface area contributed by atoms with Gasteiger partial charge in [-0.15, -0.1) is 11.3 Å². The summed E-state index contributed by atoms with van der Waals surface area (Å²) in [5, 5.41) is 1.78. The smallest absolute Gasteiger partial charge is 0.279 e. The molecule has 1 aliphatic rings. The number of carbonyl (C=O) groups excluding carboxylic acids is 3. The van der Waals surface area contributed by atoms with Crippen molar-refractivity contribution in [2.75, 3.05) is 11.4 Å². The fourth-order valence-corrected chi connectivity index (χ4v) is 3.05. The summed E-state index contributed by atoms with van der Waals surface area (Å²) in [4.78, 5) is 38.1. The lowest BCUT2D eigenvalue weighted by Crippen LogP contribution is -2.44. The van der Waals surface area contributed by atoms with E-state index in [1.54, 1.807) is 22.4 Å². The van der Waals surface area contributed by atoms with Crippen LogP contribution in [0.4, 0.5) is 5.69 Å². The molecule has 0 saturated carbocycles. The van der Waals surface area contributed by atoms with E-state index in [9.17, 15) is 14.4 Å². The van der Waals surface area contributed by atoms with Crippen molar-refractivity contribution in [1.29, 1.82) is 0 Å². The molecule has 1 aromatic heterocycles. The number of thiophene rings is 1. The first-order valence-corrected chi connectivity index (χ1v) is 8.02. The van der Waals surface area contributed by atoms with E-state index in [1.807, 2.05) is 30.3 Å². The number of anilines is 1. The van der Waals surface area contributed by atoms with Gasteiger partial charge in [0.15, 0.2) is 0 Å². The quantitative estimate of drug-likeness (QED) is 0.839. The SMILES string of the molecule is O=C(NNC(=O)[C@@H]1CC(=O)N(c2ccccc2)C1)c1cccs1. The van der Waals surface area contributed by atoms with Crippen LogP contribution < -0.4 is 15.8 Å². The van der Waals surface area contributed by atoms with Crippen LogP contribution in [-0.2, 0) is 9.59 Å². The summed E-state index contributed by atoms with van der Waals surface area (Å²) in [6.45, 7) is 0.309. The molecule has 6 nitrogen and oxygen atoms in total. The summed E-state index contributed by atoms with van der Waals surface area (Å²) in [5.74, 6) is -1.30. The van der Waals surface area contributed by atoms with Crippen molar-refractivity contribution in [3.63, 3.8) is 0 Å². The number of hydrogen-bond acceptors (Lipinski definition) is 4. The lowest BCUT2D eigenvalue weighted by molar-refractivity contribution is -0.126. The highest BCUT2D eigenvalue weighted by molar-refractivity contribution is 7.12. The van der Waals surface area contributed by atoms with Gasteiger partial charge in [-0.05, 0) is 23.6 Å². The van der Waals surface area contributed by atoms with Crippen molar-refractivity contribution in [2.24, 2.45) is 5.92 Å².